The van der Waals surface area contributed by atoms with Crippen molar-refractivity contribution in [3.8, 4) is 22.5 Å². The van der Waals surface area contributed by atoms with Crippen LogP contribution >= 0.6 is 15.9 Å². The van der Waals surface area contributed by atoms with Crippen molar-refractivity contribution in [1.82, 2.24) is 20.6 Å². The van der Waals surface area contributed by atoms with Gasteiger partial charge in [-0.05, 0) is 50.5 Å². The lowest BCUT2D eigenvalue weighted by Gasteiger charge is -2.13. The van der Waals surface area contributed by atoms with E-state index in [1.54, 1.807) is 36.4 Å². The lowest BCUT2D eigenvalue weighted by molar-refractivity contribution is 0.597. The van der Waals surface area contributed by atoms with Crippen LogP contribution in [0.2, 0.25) is 0 Å². The van der Waals surface area contributed by atoms with E-state index in [1.165, 1.54) is 0 Å². The largest absolute Gasteiger partial charge is 0.284 e. The third-order valence-corrected chi connectivity index (χ3v) is 5.99. The van der Waals surface area contributed by atoms with Gasteiger partial charge in [0.1, 0.15) is 4.90 Å². The van der Waals surface area contributed by atoms with Crippen molar-refractivity contribution < 1.29 is 16.8 Å². The predicted molar refractivity (Wildman–Crippen MR) is 103 cm³/mol. The molecule has 0 radical (unpaired) electrons. The summed E-state index contributed by atoms with van der Waals surface area (Å²) in [6.45, 7) is 0. The Kier molecular flexibility index (Phi) is 5.03. The molecule has 0 bridgehead atoms. The molecule has 0 spiro atoms. The summed E-state index contributed by atoms with van der Waals surface area (Å²) >= 11 is 3.20. The topological polar surface area (TPSA) is 161 Å². The second kappa shape index (κ2) is 6.99. The van der Waals surface area contributed by atoms with Gasteiger partial charge in [0.25, 0.3) is 0 Å². The number of hydrogen-bond donors (Lipinski definition) is 3. The molecule has 0 saturated heterocycles. The molecule has 0 fully saturated rings. The van der Waals surface area contributed by atoms with Crippen molar-refractivity contribution in [1.29, 1.82) is 0 Å². The number of sulfonamides is 2. The number of aromatic nitrogens is 4. The van der Waals surface area contributed by atoms with Crippen LogP contribution in [-0.4, -0.2) is 43.7 Å². The van der Waals surface area contributed by atoms with E-state index in [0.29, 0.717) is 16.8 Å². The Bertz CT molecular complexity index is 1190. The van der Waals surface area contributed by atoms with E-state index >= 15 is 0 Å². The fraction of sp³-hybridized carbons (Fsp3) is 0.0714. The third kappa shape index (κ3) is 4.32. The molecule has 3 rings (SSSR count). The zero-order valence-electron chi connectivity index (χ0n) is 13.7. The van der Waals surface area contributed by atoms with E-state index in [2.05, 4.69) is 41.3 Å². The van der Waals surface area contributed by atoms with Crippen molar-refractivity contribution in [2.24, 2.45) is 5.14 Å². The number of hydrogen-bond acceptors (Lipinski definition) is 7. The molecular formula is C14H13BrN6O4S2. The van der Waals surface area contributed by atoms with Gasteiger partial charge in [-0.15, -0.1) is 10.2 Å². The summed E-state index contributed by atoms with van der Waals surface area (Å²) in [7, 11) is -7.53. The number of H-pyrrole nitrogens is 1. The standard InChI is InChI=1S/C14H13BrN6O4S2/c1-26(22,23)19-9-4-2-8(3-5-9)10-6-7-11(15)13(27(16,24)25)12(10)14-17-20-21-18-14/h2-7,19H,1H3,(H2,16,24,25)(H,17,18,20,21). The maximum absolute atomic E-state index is 12.1. The monoisotopic (exact) mass is 472 g/mol. The fourth-order valence-electron chi connectivity index (χ4n) is 2.50. The molecule has 142 valence electrons. The first kappa shape index (κ1) is 19.4. The third-order valence-electron chi connectivity index (χ3n) is 3.46. The number of aromatic amines is 1. The first-order chi connectivity index (χ1) is 12.6. The quantitative estimate of drug-likeness (QED) is 0.504. The summed E-state index contributed by atoms with van der Waals surface area (Å²) in [5, 5.41) is 18.9. The Morgan fingerprint density at radius 3 is 2.26 bits per heavy atom. The number of nitrogens with one attached hydrogen (secondary N) is 2. The van der Waals surface area contributed by atoms with Crippen LogP contribution in [0.5, 0.6) is 0 Å². The highest BCUT2D eigenvalue weighted by Crippen LogP contribution is 2.39. The summed E-state index contributed by atoms with van der Waals surface area (Å²) < 4.78 is 49.6. The molecule has 0 atom stereocenters. The molecule has 0 aliphatic heterocycles. The molecule has 0 saturated carbocycles. The first-order valence-electron chi connectivity index (χ1n) is 7.23. The van der Waals surface area contributed by atoms with E-state index in [0.717, 1.165) is 6.26 Å². The van der Waals surface area contributed by atoms with Crippen LogP contribution in [0.15, 0.2) is 45.8 Å². The number of nitrogens with two attached hydrogens (primary N) is 1. The molecule has 0 aliphatic rings. The molecule has 13 heteroatoms. The molecule has 0 amide bonds. The Morgan fingerprint density at radius 2 is 1.74 bits per heavy atom. The van der Waals surface area contributed by atoms with Gasteiger partial charge in [-0.1, -0.05) is 18.2 Å². The van der Waals surface area contributed by atoms with E-state index in [-0.39, 0.29) is 20.8 Å². The van der Waals surface area contributed by atoms with Gasteiger partial charge in [0, 0.05) is 10.2 Å². The highest BCUT2D eigenvalue weighted by atomic mass is 79.9. The summed E-state index contributed by atoms with van der Waals surface area (Å²) in [6.07, 6.45) is 1.04. The number of benzene rings is 2. The van der Waals surface area contributed by atoms with Gasteiger partial charge in [-0.25, -0.2) is 22.0 Å². The van der Waals surface area contributed by atoms with Crippen LogP contribution in [-0.2, 0) is 20.0 Å². The van der Waals surface area contributed by atoms with Crippen LogP contribution < -0.4 is 9.86 Å². The molecule has 0 aliphatic carbocycles. The maximum atomic E-state index is 12.1. The summed E-state index contributed by atoms with van der Waals surface area (Å²) in [5.41, 5.74) is 1.62. The SMILES string of the molecule is CS(=O)(=O)Nc1ccc(-c2ccc(Br)c(S(N)(=O)=O)c2-c2nn[nH]n2)cc1. The second-order valence-corrected chi connectivity index (χ2v) is 9.63. The molecular weight excluding hydrogens is 460 g/mol. The van der Waals surface area contributed by atoms with Gasteiger partial charge >= 0.3 is 0 Å². The van der Waals surface area contributed by atoms with Crippen LogP contribution in [0.3, 0.4) is 0 Å². The number of anilines is 1. The summed E-state index contributed by atoms with van der Waals surface area (Å²) in [4.78, 5) is -0.181. The normalized spacial score (nSPS) is 12.1. The zero-order chi connectivity index (χ0) is 19.8. The van der Waals surface area contributed by atoms with Gasteiger partial charge < -0.3 is 0 Å². The maximum Gasteiger partial charge on any atom is 0.239 e. The fourth-order valence-corrected chi connectivity index (χ4v) is 4.89. The Morgan fingerprint density at radius 1 is 1.07 bits per heavy atom. The van der Waals surface area contributed by atoms with Gasteiger partial charge in [0.2, 0.25) is 25.9 Å². The minimum atomic E-state index is -4.11. The van der Waals surface area contributed by atoms with Crippen LogP contribution in [0.25, 0.3) is 22.5 Å². The Labute approximate surface area is 163 Å². The number of halogens is 1. The summed E-state index contributed by atoms with van der Waals surface area (Å²) in [6, 6.07) is 9.58. The van der Waals surface area contributed by atoms with E-state index < -0.39 is 20.0 Å². The molecule has 27 heavy (non-hydrogen) atoms. The van der Waals surface area contributed by atoms with Crippen LogP contribution in [0.4, 0.5) is 5.69 Å². The molecule has 1 aromatic heterocycles. The van der Waals surface area contributed by atoms with Crippen molar-refractivity contribution >= 4 is 41.7 Å². The van der Waals surface area contributed by atoms with Crippen molar-refractivity contribution in [3.63, 3.8) is 0 Å². The van der Waals surface area contributed by atoms with Crippen LogP contribution in [0, 0.1) is 0 Å². The lowest BCUT2D eigenvalue weighted by Crippen LogP contribution is -2.15. The molecule has 2 aromatic carbocycles. The molecule has 3 aromatic rings. The van der Waals surface area contributed by atoms with Crippen molar-refractivity contribution in [2.45, 2.75) is 4.90 Å². The van der Waals surface area contributed by atoms with E-state index in [1.807, 2.05) is 0 Å². The smallest absolute Gasteiger partial charge is 0.239 e. The number of rotatable bonds is 5. The summed E-state index contributed by atoms with van der Waals surface area (Å²) in [5.74, 6) is 0.0497. The van der Waals surface area contributed by atoms with Gasteiger partial charge in [-0.3, -0.25) is 4.72 Å². The van der Waals surface area contributed by atoms with Crippen molar-refractivity contribution in [3.05, 3.63) is 40.9 Å². The van der Waals surface area contributed by atoms with E-state index in [9.17, 15) is 16.8 Å². The first-order valence-corrected chi connectivity index (χ1v) is 11.5. The predicted octanol–water partition coefficient (Wildman–Crippen LogP) is 1.32. The van der Waals surface area contributed by atoms with E-state index in [4.69, 9.17) is 5.14 Å². The highest BCUT2D eigenvalue weighted by molar-refractivity contribution is 9.10. The minimum absolute atomic E-state index is 0.0497. The molecule has 4 N–H and O–H groups in total. The minimum Gasteiger partial charge on any atom is -0.284 e. The number of tetrazole rings is 1. The average molecular weight is 473 g/mol. The van der Waals surface area contributed by atoms with Crippen molar-refractivity contribution in [2.75, 3.05) is 11.0 Å². The number of primary sulfonamides is 1. The zero-order valence-corrected chi connectivity index (χ0v) is 16.9. The second-order valence-electron chi connectivity index (χ2n) is 5.53. The highest BCUT2D eigenvalue weighted by Gasteiger charge is 2.25. The molecule has 10 nitrogen and oxygen atoms in total. The van der Waals surface area contributed by atoms with Crippen LogP contribution in [0.1, 0.15) is 0 Å². The molecule has 0 unspecified atom stereocenters. The Balaban J connectivity index is 2.22. The van der Waals surface area contributed by atoms with Gasteiger partial charge in [0.05, 0.1) is 11.8 Å². The average Bonchev–Trinajstić information content (AvgIpc) is 3.07. The number of nitrogens with zero attached hydrogens (tertiary/aromatic N) is 3. The lowest BCUT2D eigenvalue weighted by atomic mass is 9.99. The Hall–Kier alpha value is -2.35. The van der Waals surface area contributed by atoms with Gasteiger partial charge in [-0.2, -0.15) is 5.21 Å². The van der Waals surface area contributed by atoms with Gasteiger partial charge in [0.15, 0.2) is 0 Å². The molecule has 1 heterocycles.